The monoisotopic (exact) mass is 345 g/mol. The van der Waals surface area contributed by atoms with Crippen LogP contribution in [0.15, 0.2) is 0 Å². The first-order chi connectivity index (χ1) is 11.2. The summed E-state index contributed by atoms with van der Waals surface area (Å²) in [5.41, 5.74) is -0.493. The van der Waals surface area contributed by atoms with Gasteiger partial charge in [0, 0.05) is 6.42 Å². The Morgan fingerprint density at radius 2 is 1.75 bits per heavy atom. The molecular formula is C17H31NO6. The minimum Gasteiger partial charge on any atom is -0.480 e. The number of unbranched alkanes of at least 4 members (excludes halogenated alkanes) is 3. The zero-order chi connectivity index (χ0) is 18.6. The summed E-state index contributed by atoms with van der Waals surface area (Å²) in [4.78, 5) is 34.2. The molecule has 0 rings (SSSR count). The largest absolute Gasteiger partial charge is 0.480 e. The SMILES string of the molecule is CCCCOC(=O)N[C@@H](CCCCCC(=O)OC(C)(C)C)C(=O)O. The molecule has 0 unspecified atom stereocenters. The van der Waals surface area contributed by atoms with E-state index in [0.717, 1.165) is 12.8 Å². The maximum absolute atomic E-state index is 11.5. The Morgan fingerprint density at radius 3 is 2.29 bits per heavy atom. The number of carbonyl (C=O) groups excluding carboxylic acids is 2. The molecule has 7 nitrogen and oxygen atoms in total. The zero-order valence-electron chi connectivity index (χ0n) is 15.2. The Bertz CT molecular complexity index is 402. The quantitative estimate of drug-likeness (QED) is 0.440. The van der Waals surface area contributed by atoms with Crippen molar-refractivity contribution in [2.75, 3.05) is 6.61 Å². The van der Waals surface area contributed by atoms with Crippen LogP contribution in [0.3, 0.4) is 0 Å². The molecule has 0 radical (unpaired) electrons. The molecule has 0 aliphatic carbocycles. The van der Waals surface area contributed by atoms with Gasteiger partial charge in [-0.15, -0.1) is 0 Å². The molecule has 1 amide bonds. The fraction of sp³-hybridized carbons (Fsp3) is 0.824. The van der Waals surface area contributed by atoms with Crippen LogP contribution >= 0.6 is 0 Å². The molecule has 0 aliphatic rings. The summed E-state index contributed by atoms with van der Waals surface area (Å²) in [5.74, 6) is -1.34. The fourth-order valence-corrected chi connectivity index (χ4v) is 1.94. The number of alkyl carbamates (subject to hydrolysis) is 1. The number of carboxylic acid groups (broad SMARTS) is 1. The topological polar surface area (TPSA) is 102 Å². The van der Waals surface area contributed by atoms with Crippen LogP contribution < -0.4 is 5.32 Å². The van der Waals surface area contributed by atoms with E-state index in [9.17, 15) is 14.4 Å². The van der Waals surface area contributed by atoms with Gasteiger partial charge in [-0.3, -0.25) is 4.79 Å². The van der Waals surface area contributed by atoms with E-state index in [2.05, 4.69) is 5.32 Å². The molecule has 2 N–H and O–H groups in total. The van der Waals surface area contributed by atoms with Crippen molar-refractivity contribution < 1.29 is 29.0 Å². The van der Waals surface area contributed by atoms with E-state index in [-0.39, 0.29) is 12.6 Å². The minimum atomic E-state index is -1.09. The van der Waals surface area contributed by atoms with Crippen molar-refractivity contribution in [3.05, 3.63) is 0 Å². The van der Waals surface area contributed by atoms with Crippen molar-refractivity contribution in [2.24, 2.45) is 0 Å². The van der Waals surface area contributed by atoms with Crippen molar-refractivity contribution >= 4 is 18.0 Å². The zero-order valence-corrected chi connectivity index (χ0v) is 15.2. The van der Waals surface area contributed by atoms with E-state index in [1.807, 2.05) is 27.7 Å². The Kier molecular flexibility index (Phi) is 10.8. The summed E-state index contributed by atoms with van der Waals surface area (Å²) in [6.45, 7) is 7.69. The third-order valence-electron chi connectivity index (χ3n) is 3.11. The highest BCUT2D eigenvalue weighted by atomic mass is 16.6. The number of rotatable bonds is 11. The van der Waals surface area contributed by atoms with Gasteiger partial charge in [-0.25, -0.2) is 9.59 Å². The molecule has 24 heavy (non-hydrogen) atoms. The highest BCUT2D eigenvalue weighted by Crippen LogP contribution is 2.12. The maximum atomic E-state index is 11.5. The lowest BCUT2D eigenvalue weighted by molar-refractivity contribution is -0.155. The summed E-state index contributed by atoms with van der Waals surface area (Å²) in [6, 6.07) is -0.972. The second-order valence-corrected chi connectivity index (χ2v) is 6.71. The first-order valence-electron chi connectivity index (χ1n) is 8.53. The third kappa shape index (κ3) is 12.7. The van der Waals surface area contributed by atoms with Crippen molar-refractivity contribution in [1.82, 2.24) is 5.32 Å². The standard InChI is InChI=1S/C17H31NO6/c1-5-6-12-23-16(22)18-13(15(20)21)10-8-7-9-11-14(19)24-17(2,3)4/h13H,5-12H2,1-4H3,(H,18,22)(H,20,21)/t13-/m0/s1. The van der Waals surface area contributed by atoms with Crippen molar-refractivity contribution in [2.45, 2.75) is 84.3 Å². The summed E-state index contributed by atoms with van der Waals surface area (Å²) in [5, 5.41) is 11.5. The Morgan fingerprint density at radius 1 is 1.08 bits per heavy atom. The predicted molar refractivity (Wildman–Crippen MR) is 89.7 cm³/mol. The van der Waals surface area contributed by atoms with E-state index < -0.39 is 23.7 Å². The van der Waals surface area contributed by atoms with E-state index >= 15 is 0 Å². The molecule has 1 atom stereocenters. The van der Waals surface area contributed by atoms with Crippen molar-refractivity contribution in [3.63, 3.8) is 0 Å². The molecule has 7 heteroatoms. The Hall–Kier alpha value is -1.79. The number of esters is 1. The van der Waals surface area contributed by atoms with Crippen LogP contribution in [0.2, 0.25) is 0 Å². The molecular weight excluding hydrogens is 314 g/mol. The summed E-state index contributed by atoms with van der Waals surface area (Å²) in [7, 11) is 0. The Labute approximate surface area is 144 Å². The number of aliphatic carboxylic acids is 1. The van der Waals surface area contributed by atoms with E-state index in [1.165, 1.54) is 0 Å². The summed E-state index contributed by atoms with van der Waals surface area (Å²) < 4.78 is 10.1. The molecule has 0 heterocycles. The van der Waals surface area contributed by atoms with Gasteiger partial charge in [-0.2, -0.15) is 0 Å². The summed E-state index contributed by atoms with van der Waals surface area (Å²) >= 11 is 0. The third-order valence-corrected chi connectivity index (χ3v) is 3.11. The lowest BCUT2D eigenvalue weighted by atomic mass is 10.1. The molecule has 0 bridgehead atoms. The molecule has 0 aromatic carbocycles. The molecule has 0 saturated heterocycles. The molecule has 0 saturated carbocycles. The van der Waals surface area contributed by atoms with Gasteiger partial charge in [0.05, 0.1) is 6.61 Å². The number of amides is 1. The summed E-state index contributed by atoms with van der Waals surface area (Å²) in [6.07, 6.45) is 3.45. The number of hydrogen-bond donors (Lipinski definition) is 2. The number of nitrogens with one attached hydrogen (secondary N) is 1. The molecule has 0 aromatic heterocycles. The van der Waals surface area contributed by atoms with Gasteiger partial charge in [-0.05, 0) is 40.0 Å². The molecule has 0 fully saturated rings. The first-order valence-corrected chi connectivity index (χ1v) is 8.53. The minimum absolute atomic E-state index is 0.255. The van der Waals surface area contributed by atoms with Crippen LogP contribution in [-0.4, -0.2) is 41.4 Å². The van der Waals surface area contributed by atoms with Crippen LogP contribution in [0.25, 0.3) is 0 Å². The van der Waals surface area contributed by atoms with Gasteiger partial charge in [0.15, 0.2) is 0 Å². The molecule has 140 valence electrons. The van der Waals surface area contributed by atoms with Gasteiger partial charge < -0.3 is 19.9 Å². The smallest absolute Gasteiger partial charge is 0.407 e. The van der Waals surface area contributed by atoms with Crippen molar-refractivity contribution in [1.29, 1.82) is 0 Å². The predicted octanol–water partition coefficient (Wildman–Crippen LogP) is 3.26. The molecule has 0 spiro atoms. The number of carbonyl (C=O) groups is 3. The number of ether oxygens (including phenoxy) is 2. The van der Waals surface area contributed by atoms with E-state index in [1.54, 1.807) is 0 Å². The molecule has 0 aliphatic heterocycles. The molecule has 0 aromatic rings. The number of hydrogen-bond acceptors (Lipinski definition) is 5. The lowest BCUT2D eigenvalue weighted by Gasteiger charge is -2.19. The second kappa shape index (κ2) is 11.7. The average molecular weight is 345 g/mol. The van der Waals surface area contributed by atoms with Gasteiger partial charge >= 0.3 is 18.0 Å². The second-order valence-electron chi connectivity index (χ2n) is 6.71. The number of carboxylic acids is 1. The highest BCUT2D eigenvalue weighted by Gasteiger charge is 2.20. The van der Waals surface area contributed by atoms with Crippen LogP contribution in [0.5, 0.6) is 0 Å². The highest BCUT2D eigenvalue weighted by molar-refractivity contribution is 5.79. The maximum Gasteiger partial charge on any atom is 0.407 e. The van der Waals surface area contributed by atoms with Crippen molar-refractivity contribution in [3.8, 4) is 0 Å². The average Bonchev–Trinajstić information content (AvgIpc) is 2.43. The van der Waals surface area contributed by atoms with Crippen LogP contribution in [0.4, 0.5) is 4.79 Å². The van der Waals surface area contributed by atoms with E-state index in [0.29, 0.717) is 32.1 Å². The first kappa shape index (κ1) is 22.2. The van der Waals surface area contributed by atoms with Gasteiger partial charge in [-0.1, -0.05) is 26.2 Å². The fourth-order valence-electron chi connectivity index (χ4n) is 1.94. The van der Waals surface area contributed by atoms with E-state index in [4.69, 9.17) is 14.6 Å². The van der Waals surface area contributed by atoms with Crippen LogP contribution in [0, 0.1) is 0 Å². The van der Waals surface area contributed by atoms with Crippen LogP contribution in [0.1, 0.15) is 72.6 Å². The van der Waals surface area contributed by atoms with Gasteiger partial charge in [0.25, 0.3) is 0 Å². The Balaban J connectivity index is 3.96. The van der Waals surface area contributed by atoms with Gasteiger partial charge in [0.1, 0.15) is 11.6 Å². The van der Waals surface area contributed by atoms with Gasteiger partial charge in [0.2, 0.25) is 0 Å². The van der Waals surface area contributed by atoms with Crippen LogP contribution in [-0.2, 0) is 19.1 Å². The normalized spacial score (nSPS) is 12.3. The lowest BCUT2D eigenvalue weighted by Crippen LogP contribution is -2.41.